The number of carbonyl (C=O) groups excluding carboxylic acids is 1. The summed E-state index contributed by atoms with van der Waals surface area (Å²) in [5, 5.41) is 9.77. The Kier molecular flexibility index (Phi) is 5.09. The van der Waals surface area contributed by atoms with Crippen molar-refractivity contribution in [1.29, 1.82) is 0 Å². The smallest absolute Gasteiger partial charge is 0.291 e. The molecule has 1 aromatic carbocycles. The van der Waals surface area contributed by atoms with Crippen molar-refractivity contribution in [2.24, 2.45) is 5.92 Å². The Balaban J connectivity index is 2.13. The second kappa shape index (κ2) is 7.02. The Morgan fingerprint density at radius 1 is 1.29 bits per heavy atom. The molecule has 2 N–H and O–H groups in total. The van der Waals surface area contributed by atoms with Gasteiger partial charge < -0.3 is 5.32 Å². The maximum atomic E-state index is 12.3. The molecule has 5 nitrogen and oxygen atoms in total. The number of nitrogens with one attached hydrogen (secondary N) is 2. The number of amides is 1. The van der Waals surface area contributed by atoms with E-state index in [2.05, 4.69) is 34.3 Å². The minimum Gasteiger partial charge on any atom is -0.342 e. The molecule has 5 heteroatoms. The molecular weight excluding hydrogens is 264 g/mol. The predicted octanol–water partition coefficient (Wildman–Crippen LogP) is 2.88. The van der Waals surface area contributed by atoms with Crippen molar-refractivity contribution in [3.05, 3.63) is 47.5 Å². The summed E-state index contributed by atoms with van der Waals surface area (Å²) in [6.07, 6.45) is 1.61. The zero-order valence-electron chi connectivity index (χ0n) is 12.8. The van der Waals surface area contributed by atoms with Crippen LogP contribution in [0.4, 0.5) is 0 Å². The van der Waals surface area contributed by atoms with Crippen LogP contribution in [0.25, 0.3) is 0 Å². The number of nitrogens with zero attached hydrogens (tertiary/aromatic N) is 2. The first kappa shape index (κ1) is 15.2. The number of aromatic amines is 1. The maximum Gasteiger partial charge on any atom is 0.291 e. The molecule has 0 bridgehead atoms. The molecule has 1 unspecified atom stereocenters. The molecule has 0 spiro atoms. The topological polar surface area (TPSA) is 70.7 Å². The third-order valence-electron chi connectivity index (χ3n) is 3.28. The fraction of sp³-hybridized carbons (Fsp3) is 0.438. The van der Waals surface area contributed by atoms with Gasteiger partial charge in [-0.1, -0.05) is 51.1 Å². The van der Waals surface area contributed by atoms with Gasteiger partial charge in [-0.25, -0.2) is 4.98 Å². The van der Waals surface area contributed by atoms with Crippen LogP contribution in [0.5, 0.6) is 0 Å². The first-order chi connectivity index (χ1) is 10.1. The molecule has 0 aliphatic heterocycles. The second-order valence-electron chi connectivity index (χ2n) is 5.53. The van der Waals surface area contributed by atoms with Gasteiger partial charge in [0.25, 0.3) is 5.91 Å². The SMILES string of the molecule is CCc1nc(C(=O)NC(CC(C)C)c2ccccc2)n[nH]1. The summed E-state index contributed by atoms with van der Waals surface area (Å²) in [6, 6.07) is 9.97. The van der Waals surface area contributed by atoms with E-state index in [4.69, 9.17) is 0 Å². The summed E-state index contributed by atoms with van der Waals surface area (Å²) in [4.78, 5) is 16.5. The van der Waals surface area contributed by atoms with Gasteiger partial charge in [-0.05, 0) is 17.9 Å². The van der Waals surface area contributed by atoms with Gasteiger partial charge in [0, 0.05) is 6.42 Å². The van der Waals surface area contributed by atoms with Gasteiger partial charge in [0.15, 0.2) is 0 Å². The first-order valence-corrected chi connectivity index (χ1v) is 7.37. The lowest BCUT2D eigenvalue weighted by atomic mass is 9.97. The number of benzene rings is 1. The van der Waals surface area contributed by atoms with Crippen molar-refractivity contribution >= 4 is 5.91 Å². The van der Waals surface area contributed by atoms with Crippen LogP contribution in [0.2, 0.25) is 0 Å². The normalized spacial score (nSPS) is 12.4. The van der Waals surface area contributed by atoms with Crippen molar-refractivity contribution in [3.63, 3.8) is 0 Å². The van der Waals surface area contributed by atoms with E-state index in [1.807, 2.05) is 37.3 Å². The monoisotopic (exact) mass is 286 g/mol. The fourth-order valence-electron chi connectivity index (χ4n) is 2.21. The molecule has 2 aromatic rings. The summed E-state index contributed by atoms with van der Waals surface area (Å²) in [6.45, 7) is 6.25. The highest BCUT2D eigenvalue weighted by molar-refractivity contribution is 5.90. The van der Waals surface area contributed by atoms with Crippen LogP contribution in [-0.4, -0.2) is 21.1 Å². The second-order valence-corrected chi connectivity index (χ2v) is 5.53. The van der Waals surface area contributed by atoms with E-state index in [0.29, 0.717) is 5.92 Å². The van der Waals surface area contributed by atoms with E-state index >= 15 is 0 Å². The minimum atomic E-state index is -0.236. The number of rotatable bonds is 6. The average molecular weight is 286 g/mol. The van der Waals surface area contributed by atoms with E-state index in [1.54, 1.807) is 0 Å². The molecule has 21 heavy (non-hydrogen) atoms. The van der Waals surface area contributed by atoms with E-state index in [9.17, 15) is 4.79 Å². The van der Waals surface area contributed by atoms with Crippen molar-refractivity contribution < 1.29 is 4.79 Å². The molecule has 0 radical (unpaired) electrons. The van der Waals surface area contributed by atoms with Gasteiger partial charge in [0.05, 0.1) is 6.04 Å². The molecule has 2 rings (SSSR count). The van der Waals surface area contributed by atoms with Crippen LogP contribution >= 0.6 is 0 Å². The van der Waals surface area contributed by atoms with Crippen LogP contribution in [0, 0.1) is 5.92 Å². The lowest BCUT2D eigenvalue weighted by molar-refractivity contribution is 0.0921. The van der Waals surface area contributed by atoms with E-state index in [1.165, 1.54) is 0 Å². The number of H-pyrrole nitrogens is 1. The number of hydrogen-bond acceptors (Lipinski definition) is 3. The summed E-state index contributed by atoms with van der Waals surface area (Å²) >= 11 is 0. The zero-order chi connectivity index (χ0) is 15.2. The highest BCUT2D eigenvalue weighted by atomic mass is 16.2. The quantitative estimate of drug-likeness (QED) is 0.857. The highest BCUT2D eigenvalue weighted by Gasteiger charge is 2.19. The van der Waals surface area contributed by atoms with Crippen LogP contribution in [-0.2, 0) is 6.42 Å². The molecule has 0 aliphatic rings. The minimum absolute atomic E-state index is 0.0257. The molecule has 0 aliphatic carbocycles. The zero-order valence-corrected chi connectivity index (χ0v) is 12.8. The highest BCUT2D eigenvalue weighted by Crippen LogP contribution is 2.21. The maximum absolute atomic E-state index is 12.3. The summed E-state index contributed by atoms with van der Waals surface area (Å²) in [7, 11) is 0. The third kappa shape index (κ3) is 4.15. The number of aromatic nitrogens is 3. The number of carbonyl (C=O) groups is 1. The van der Waals surface area contributed by atoms with Gasteiger partial charge in [0.1, 0.15) is 5.82 Å². The van der Waals surface area contributed by atoms with Gasteiger partial charge >= 0.3 is 0 Å². The van der Waals surface area contributed by atoms with Crippen molar-refractivity contribution in [2.45, 2.75) is 39.7 Å². The van der Waals surface area contributed by atoms with Crippen molar-refractivity contribution in [2.75, 3.05) is 0 Å². The van der Waals surface area contributed by atoms with Crippen LogP contribution in [0.15, 0.2) is 30.3 Å². The van der Waals surface area contributed by atoms with Crippen LogP contribution in [0.3, 0.4) is 0 Å². The van der Waals surface area contributed by atoms with Gasteiger partial charge in [-0.15, -0.1) is 5.10 Å². The molecule has 1 amide bonds. The van der Waals surface area contributed by atoms with Crippen LogP contribution < -0.4 is 5.32 Å². The standard InChI is InChI=1S/C16H22N4O/c1-4-14-18-15(20-19-14)16(21)17-13(10-11(2)3)12-8-6-5-7-9-12/h5-9,11,13H,4,10H2,1-3H3,(H,17,21)(H,18,19,20). The summed E-state index contributed by atoms with van der Waals surface area (Å²) < 4.78 is 0. The molecule has 0 saturated carbocycles. The molecule has 1 atom stereocenters. The number of aryl methyl sites for hydroxylation is 1. The van der Waals surface area contributed by atoms with E-state index < -0.39 is 0 Å². The van der Waals surface area contributed by atoms with Gasteiger partial charge in [-0.2, -0.15) is 0 Å². The van der Waals surface area contributed by atoms with E-state index in [0.717, 1.165) is 24.2 Å². The lowest BCUT2D eigenvalue weighted by Crippen LogP contribution is -2.30. The largest absolute Gasteiger partial charge is 0.342 e. The Morgan fingerprint density at radius 3 is 2.57 bits per heavy atom. The fourth-order valence-corrected chi connectivity index (χ4v) is 2.21. The van der Waals surface area contributed by atoms with Gasteiger partial charge in [-0.3, -0.25) is 9.89 Å². The Morgan fingerprint density at radius 2 is 2.00 bits per heavy atom. The number of hydrogen-bond donors (Lipinski definition) is 2. The van der Waals surface area contributed by atoms with Crippen molar-refractivity contribution in [1.82, 2.24) is 20.5 Å². The average Bonchev–Trinajstić information content (AvgIpc) is 2.96. The molecule has 1 aromatic heterocycles. The molecule has 0 fully saturated rings. The molecule has 112 valence electrons. The Hall–Kier alpha value is -2.17. The third-order valence-corrected chi connectivity index (χ3v) is 3.28. The molecular formula is C16H22N4O. The van der Waals surface area contributed by atoms with Gasteiger partial charge in [0.2, 0.25) is 5.82 Å². The molecule has 1 heterocycles. The lowest BCUT2D eigenvalue weighted by Gasteiger charge is -2.20. The first-order valence-electron chi connectivity index (χ1n) is 7.37. The Bertz CT molecular complexity index is 577. The molecule has 0 saturated heterocycles. The summed E-state index contributed by atoms with van der Waals surface area (Å²) in [5.41, 5.74) is 1.10. The van der Waals surface area contributed by atoms with E-state index in [-0.39, 0.29) is 17.8 Å². The van der Waals surface area contributed by atoms with Crippen molar-refractivity contribution in [3.8, 4) is 0 Å². The Labute approximate surface area is 125 Å². The van der Waals surface area contributed by atoms with Crippen LogP contribution in [0.1, 0.15) is 55.2 Å². The predicted molar refractivity (Wildman–Crippen MR) is 81.9 cm³/mol. The summed E-state index contributed by atoms with van der Waals surface area (Å²) in [5.74, 6) is 1.17.